The molecule has 106 valence electrons. The maximum Gasteiger partial charge on any atom is 0.238 e. The highest BCUT2D eigenvalue weighted by Crippen LogP contribution is 2.12. The van der Waals surface area contributed by atoms with Crippen molar-refractivity contribution in [3.63, 3.8) is 0 Å². The molecule has 0 radical (unpaired) electrons. The number of nitrogens with zero attached hydrogens (tertiary/aromatic N) is 1. The first kappa shape index (κ1) is 14.8. The fourth-order valence-corrected chi connectivity index (χ4v) is 1.91. The van der Waals surface area contributed by atoms with Crippen LogP contribution >= 0.6 is 0 Å². The fraction of sp³-hybridized carbons (Fsp3) is 0.176. The molecule has 0 fully saturated rings. The van der Waals surface area contributed by atoms with Gasteiger partial charge in [-0.05, 0) is 24.6 Å². The average molecular weight is 279 g/mol. The number of anilines is 1. The lowest BCUT2D eigenvalue weighted by molar-refractivity contribution is -0.115. The van der Waals surface area contributed by atoms with Gasteiger partial charge >= 0.3 is 0 Å². The van der Waals surface area contributed by atoms with Gasteiger partial charge in [0.15, 0.2) is 0 Å². The molecule has 21 heavy (non-hydrogen) atoms. The molecule has 0 bridgehead atoms. The Morgan fingerprint density at radius 3 is 2.57 bits per heavy atom. The molecule has 0 aliphatic rings. The molecule has 0 aliphatic carbocycles. The van der Waals surface area contributed by atoms with Crippen LogP contribution in [0.5, 0.6) is 0 Å². The van der Waals surface area contributed by atoms with Crippen molar-refractivity contribution in [1.82, 2.24) is 5.32 Å². The van der Waals surface area contributed by atoms with Crippen molar-refractivity contribution in [3.8, 4) is 6.07 Å². The zero-order valence-electron chi connectivity index (χ0n) is 11.9. The van der Waals surface area contributed by atoms with Crippen molar-refractivity contribution in [2.75, 3.05) is 11.9 Å². The molecule has 2 N–H and O–H groups in total. The van der Waals surface area contributed by atoms with Crippen LogP contribution in [0.1, 0.15) is 16.7 Å². The van der Waals surface area contributed by atoms with Gasteiger partial charge in [-0.25, -0.2) is 0 Å². The molecule has 2 aromatic rings. The minimum Gasteiger partial charge on any atom is -0.324 e. The highest BCUT2D eigenvalue weighted by Gasteiger charge is 2.05. The van der Waals surface area contributed by atoms with E-state index in [0.717, 1.165) is 5.56 Å². The van der Waals surface area contributed by atoms with Crippen LogP contribution in [0, 0.1) is 18.3 Å². The Morgan fingerprint density at radius 2 is 1.86 bits per heavy atom. The van der Waals surface area contributed by atoms with E-state index in [1.807, 2.05) is 31.2 Å². The summed E-state index contributed by atoms with van der Waals surface area (Å²) in [6.45, 7) is 2.87. The minimum atomic E-state index is -0.162. The molecule has 0 saturated carbocycles. The SMILES string of the molecule is Cc1ccc(CNCC(=O)Nc2ccccc2C#N)cc1. The van der Waals surface area contributed by atoms with E-state index < -0.39 is 0 Å². The predicted molar refractivity (Wildman–Crippen MR) is 82.7 cm³/mol. The monoisotopic (exact) mass is 279 g/mol. The fourth-order valence-electron chi connectivity index (χ4n) is 1.91. The number of para-hydroxylation sites is 1. The summed E-state index contributed by atoms with van der Waals surface area (Å²) in [6.07, 6.45) is 0. The molecule has 0 heterocycles. The van der Waals surface area contributed by atoms with Crippen molar-refractivity contribution in [1.29, 1.82) is 5.26 Å². The smallest absolute Gasteiger partial charge is 0.238 e. The first-order chi connectivity index (χ1) is 10.2. The van der Waals surface area contributed by atoms with Crippen molar-refractivity contribution < 1.29 is 4.79 Å². The van der Waals surface area contributed by atoms with Crippen molar-refractivity contribution in [2.45, 2.75) is 13.5 Å². The molecule has 0 aromatic heterocycles. The zero-order chi connectivity index (χ0) is 15.1. The number of amides is 1. The van der Waals surface area contributed by atoms with Crippen molar-refractivity contribution in [2.24, 2.45) is 0 Å². The highest BCUT2D eigenvalue weighted by atomic mass is 16.1. The molecule has 4 heteroatoms. The van der Waals surface area contributed by atoms with E-state index in [1.165, 1.54) is 5.56 Å². The Hall–Kier alpha value is -2.64. The third kappa shape index (κ3) is 4.44. The standard InChI is InChI=1S/C17H17N3O/c1-13-6-8-14(9-7-13)11-19-12-17(21)20-16-5-3-2-4-15(16)10-18/h2-9,19H,11-12H2,1H3,(H,20,21). The van der Waals surface area contributed by atoms with Crippen LogP contribution in [-0.4, -0.2) is 12.5 Å². The van der Waals surface area contributed by atoms with Crippen LogP contribution in [0.4, 0.5) is 5.69 Å². The maximum atomic E-state index is 11.8. The largest absolute Gasteiger partial charge is 0.324 e. The lowest BCUT2D eigenvalue weighted by Crippen LogP contribution is -2.28. The van der Waals surface area contributed by atoms with Crippen LogP contribution in [-0.2, 0) is 11.3 Å². The Kier molecular flexibility index (Phi) is 5.08. The van der Waals surface area contributed by atoms with Crippen molar-refractivity contribution >= 4 is 11.6 Å². The summed E-state index contributed by atoms with van der Waals surface area (Å²) in [5.74, 6) is -0.162. The predicted octanol–water partition coefficient (Wildman–Crippen LogP) is 2.60. The van der Waals surface area contributed by atoms with E-state index in [0.29, 0.717) is 17.8 Å². The lowest BCUT2D eigenvalue weighted by Gasteiger charge is -2.08. The van der Waals surface area contributed by atoms with E-state index in [1.54, 1.807) is 24.3 Å². The zero-order valence-corrected chi connectivity index (χ0v) is 11.9. The first-order valence-corrected chi connectivity index (χ1v) is 6.74. The molecular formula is C17H17N3O. The van der Waals surface area contributed by atoms with E-state index >= 15 is 0 Å². The van der Waals surface area contributed by atoms with Crippen molar-refractivity contribution in [3.05, 3.63) is 65.2 Å². The molecule has 4 nitrogen and oxygen atoms in total. The van der Waals surface area contributed by atoms with E-state index in [2.05, 4.69) is 16.7 Å². The molecule has 2 rings (SSSR count). The maximum absolute atomic E-state index is 11.8. The summed E-state index contributed by atoms with van der Waals surface area (Å²) in [4.78, 5) is 11.8. The number of hydrogen-bond acceptors (Lipinski definition) is 3. The summed E-state index contributed by atoms with van der Waals surface area (Å²) in [6, 6.07) is 17.2. The second kappa shape index (κ2) is 7.22. The van der Waals surface area contributed by atoms with Gasteiger partial charge in [0.25, 0.3) is 0 Å². The van der Waals surface area contributed by atoms with Crippen LogP contribution in [0.2, 0.25) is 0 Å². The number of nitriles is 1. The molecular weight excluding hydrogens is 262 g/mol. The summed E-state index contributed by atoms with van der Waals surface area (Å²) < 4.78 is 0. The number of aryl methyl sites for hydroxylation is 1. The molecule has 0 aliphatic heterocycles. The van der Waals surface area contributed by atoms with Gasteiger partial charge in [-0.15, -0.1) is 0 Å². The molecule has 0 atom stereocenters. The lowest BCUT2D eigenvalue weighted by atomic mass is 10.1. The second-order valence-corrected chi connectivity index (χ2v) is 4.79. The van der Waals surface area contributed by atoms with Gasteiger partial charge in [0.2, 0.25) is 5.91 Å². The first-order valence-electron chi connectivity index (χ1n) is 6.74. The second-order valence-electron chi connectivity index (χ2n) is 4.79. The van der Waals surface area contributed by atoms with E-state index in [4.69, 9.17) is 5.26 Å². The number of nitrogens with one attached hydrogen (secondary N) is 2. The third-order valence-corrected chi connectivity index (χ3v) is 3.06. The third-order valence-electron chi connectivity index (χ3n) is 3.06. The molecule has 0 spiro atoms. The number of carbonyl (C=O) groups is 1. The van der Waals surface area contributed by atoms with Gasteiger partial charge in [0, 0.05) is 6.54 Å². The Labute approximate surface area is 124 Å². The number of rotatable bonds is 5. The summed E-state index contributed by atoms with van der Waals surface area (Å²) in [7, 11) is 0. The summed E-state index contributed by atoms with van der Waals surface area (Å²) in [5.41, 5.74) is 3.35. The number of hydrogen-bond donors (Lipinski definition) is 2. The van der Waals surface area contributed by atoms with Gasteiger partial charge in [-0.1, -0.05) is 42.0 Å². The molecule has 0 unspecified atom stereocenters. The quantitative estimate of drug-likeness (QED) is 0.884. The molecule has 0 saturated heterocycles. The van der Waals surface area contributed by atoms with Gasteiger partial charge < -0.3 is 10.6 Å². The van der Waals surface area contributed by atoms with Crippen LogP contribution < -0.4 is 10.6 Å². The minimum absolute atomic E-state index is 0.162. The van der Waals surface area contributed by atoms with E-state index in [9.17, 15) is 4.79 Å². The summed E-state index contributed by atoms with van der Waals surface area (Å²) in [5, 5.41) is 14.8. The number of benzene rings is 2. The van der Waals surface area contributed by atoms with E-state index in [-0.39, 0.29) is 12.5 Å². The Morgan fingerprint density at radius 1 is 1.14 bits per heavy atom. The normalized spacial score (nSPS) is 9.90. The average Bonchev–Trinajstić information content (AvgIpc) is 2.50. The van der Waals surface area contributed by atoms with Crippen LogP contribution in [0.15, 0.2) is 48.5 Å². The van der Waals surface area contributed by atoms with Gasteiger partial charge in [0.05, 0.1) is 17.8 Å². The Bertz CT molecular complexity index is 656. The Balaban J connectivity index is 1.82. The highest BCUT2D eigenvalue weighted by molar-refractivity contribution is 5.93. The molecule has 2 aromatic carbocycles. The topological polar surface area (TPSA) is 64.9 Å². The van der Waals surface area contributed by atoms with Crippen LogP contribution in [0.3, 0.4) is 0 Å². The van der Waals surface area contributed by atoms with Gasteiger partial charge in [-0.2, -0.15) is 5.26 Å². The van der Waals surface area contributed by atoms with Gasteiger partial charge in [0.1, 0.15) is 6.07 Å². The van der Waals surface area contributed by atoms with Gasteiger partial charge in [-0.3, -0.25) is 4.79 Å². The van der Waals surface area contributed by atoms with Crippen LogP contribution in [0.25, 0.3) is 0 Å². The number of carbonyl (C=O) groups excluding carboxylic acids is 1. The summed E-state index contributed by atoms with van der Waals surface area (Å²) >= 11 is 0. The molecule has 1 amide bonds.